The molecular formula is C29H35N3O4. The van der Waals surface area contributed by atoms with E-state index in [1.807, 2.05) is 55.5 Å². The number of hydrogen-bond donors (Lipinski definition) is 1. The van der Waals surface area contributed by atoms with Crippen molar-refractivity contribution in [1.82, 2.24) is 14.8 Å². The number of ether oxygens (including phenoxy) is 2. The van der Waals surface area contributed by atoms with E-state index in [2.05, 4.69) is 36.0 Å². The van der Waals surface area contributed by atoms with E-state index in [0.29, 0.717) is 24.5 Å². The molecular weight excluding hydrogens is 454 g/mol. The van der Waals surface area contributed by atoms with Gasteiger partial charge in [-0.2, -0.15) is 0 Å². The minimum Gasteiger partial charge on any atom is -0.497 e. The molecule has 0 aliphatic carbocycles. The Morgan fingerprint density at radius 1 is 1.17 bits per heavy atom. The third kappa shape index (κ3) is 5.86. The van der Waals surface area contributed by atoms with Crippen molar-refractivity contribution in [2.24, 2.45) is 5.92 Å². The quantitative estimate of drug-likeness (QED) is 0.513. The molecule has 7 heteroatoms. The lowest BCUT2D eigenvalue weighted by Crippen LogP contribution is -2.49. The molecule has 1 aliphatic rings. The van der Waals surface area contributed by atoms with Gasteiger partial charge in [-0.05, 0) is 43.3 Å². The average Bonchev–Trinajstić information content (AvgIpc) is 2.90. The highest BCUT2D eigenvalue weighted by atomic mass is 16.5. The molecule has 2 aromatic carbocycles. The Bertz CT molecular complexity index is 1150. The second-order valence-corrected chi connectivity index (χ2v) is 9.61. The molecule has 190 valence electrons. The number of methoxy groups -OCH3 is 1. The summed E-state index contributed by atoms with van der Waals surface area (Å²) in [6, 6.07) is 19.5. The van der Waals surface area contributed by atoms with Gasteiger partial charge in [0.25, 0.3) is 5.91 Å². The van der Waals surface area contributed by atoms with E-state index in [9.17, 15) is 9.90 Å². The molecule has 1 aromatic heterocycles. The summed E-state index contributed by atoms with van der Waals surface area (Å²) < 4.78 is 11.7. The van der Waals surface area contributed by atoms with E-state index in [1.54, 1.807) is 18.2 Å². The van der Waals surface area contributed by atoms with E-state index in [0.717, 1.165) is 23.4 Å². The molecule has 0 radical (unpaired) electrons. The monoisotopic (exact) mass is 489 g/mol. The van der Waals surface area contributed by atoms with Crippen LogP contribution in [0.4, 0.5) is 0 Å². The standard InChI is InChI=1S/C29H35N3O4/c1-20-16-32(21(2)19-33)29(34)26-14-24(23-10-12-25(35-4)13-11-23)15-30-28(26)36-27(20)18-31(3)17-22-8-6-5-7-9-22/h5-15,20-21,27,33H,16-19H2,1-4H3/t20-,21+,27+/m1/s1. The minimum atomic E-state index is -0.321. The molecule has 0 bridgehead atoms. The van der Waals surface area contributed by atoms with Gasteiger partial charge in [0.2, 0.25) is 5.88 Å². The number of amides is 1. The van der Waals surface area contributed by atoms with Gasteiger partial charge in [0.05, 0.1) is 19.8 Å². The number of benzene rings is 2. The fourth-order valence-electron chi connectivity index (χ4n) is 4.53. The van der Waals surface area contributed by atoms with Gasteiger partial charge in [-0.1, -0.05) is 49.4 Å². The van der Waals surface area contributed by atoms with Crippen molar-refractivity contribution < 1.29 is 19.4 Å². The Hall–Kier alpha value is -3.42. The summed E-state index contributed by atoms with van der Waals surface area (Å²) in [5, 5.41) is 9.90. The zero-order chi connectivity index (χ0) is 25.7. The molecule has 0 saturated carbocycles. The minimum absolute atomic E-state index is 0.0392. The van der Waals surface area contributed by atoms with Gasteiger partial charge in [-0.15, -0.1) is 0 Å². The van der Waals surface area contributed by atoms with E-state index in [4.69, 9.17) is 9.47 Å². The van der Waals surface area contributed by atoms with Crippen LogP contribution in [0.3, 0.4) is 0 Å². The SMILES string of the molecule is COc1ccc(-c2cnc3c(c2)C(=O)N([C@@H](C)CO)C[C@@H](C)[C@H](CN(C)Cc2ccccc2)O3)cc1. The number of likely N-dealkylation sites (N-methyl/N-ethyl adjacent to an activating group) is 1. The van der Waals surface area contributed by atoms with Crippen molar-refractivity contribution in [1.29, 1.82) is 0 Å². The van der Waals surface area contributed by atoms with E-state index in [1.165, 1.54) is 5.56 Å². The first-order valence-electron chi connectivity index (χ1n) is 12.3. The zero-order valence-corrected chi connectivity index (χ0v) is 21.4. The molecule has 4 rings (SSSR count). The molecule has 0 fully saturated rings. The van der Waals surface area contributed by atoms with Gasteiger partial charge in [0, 0.05) is 37.3 Å². The Kier molecular flexibility index (Phi) is 8.23. The fraction of sp³-hybridized carbons (Fsp3) is 0.379. The van der Waals surface area contributed by atoms with Crippen molar-refractivity contribution in [3.63, 3.8) is 0 Å². The summed E-state index contributed by atoms with van der Waals surface area (Å²) in [6.07, 6.45) is 1.56. The highest BCUT2D eigenvalue weighted by molar-refractivity contribution is 5.98. The van der Waals surface area contributed by atoms with Crippen LogP contribution < -0.4 is 9.47 Å². The summed E-state index contributed by atoms with van der Waals surface area (Å²) in [4.78, 5) is 22.2. The van der Waals surface area contributed by atoms with Crippen molar-refractivity contribution in [3.8, 4) is 22.8 Å². The molecule has 0 spiro atoms. The number of aromatic nitrogens is 1. The molecule has 1 aliphatic heterocycles. The largest absolute Gasteiger partial charge is 0.497 e. The Morgan fingerprint density at radius 2 is 1.89 bits per heavy atom. The van der Waals surface area contributed by atoms with E-state index >= 15 is 0 Å². The topological polar surface area (TPSA) is 75.1 Å². The Balaban J connectivity index is 1.65. The van der Waals surface area contributed by atoms with Crippen molar-refractivity contribution in [2.75, 3.05) is 33.9 Å². The van der Waals surface area contributed by atoms with Gasteiger partial charge < -0.3 is 19.5 Å². The molecule has 0 unspecified atom stereocenters. The molecule has 1 N–H and O–H groups in total. The summed E-state index contributed by atoms with van der Waals surface area (Å²) in [5.74, 6) is 0.948. The van der Waals surface area contributed by atoms with Gasteiger partial charge in [0.15, 0.2) is 0 Å². The van der Waals surface area contributed by atoms with Crippen LogP contribution >= 0.6 is 0 Å². The first-order valence-corrected chi connectivity index (χ1v) is 12.3. The lowest BCUT2D eigenvalue weighted by Gasteiger charge is -2.37. The normalized spacial score (nSPS) is 18.7. The lowest BCUT2D eigenvalue weighted by molar-refractivity contribution is 0.0325. The Morgan fingerprint density at radius 3 is 2.56 bits per heavy atom. The highest BCUT2D eigenvalue weighted by Gasteiger charge is 2.34. The van der Waals surface area contributed by atoms with Crippen LogP contribution in [0.15, 0.2) is 66.9 Å². The van der Waals surface area contributed by atoms with Crippen molar-refractivity contribution >= 4 is 5.91 Å². The van der Waals surface area contributed by atoms with E-state index < -0.39 is 0 Å². The first kappa shape index (κ1) is 25.7. The van der Waals surface area contributed by atoms with Gasteiger partial charge in [0.1, 0.15) is 17.4 Å². The number of carbonyl (C=O) groups is 1. The number of hydrogen-bond acceptors (Lipinski definition) is 6. The maximum atomic E-state index is 13.7. The van der Waals surface area contributed by atoms with Crippen LogP contribution in [0, 0.1) is 5.92 Å². The summed E-state index contributed by atoms with van der Waals surface area (Å²) in [6.45, 7) is 5.79. The second-order valence-electron chi connectivity index (χ2n) is 9.61. The van der Waals surface area contributed by atoms with Gasteiger partial charge in [-0.25, -0.2) is 4.98 Å². The van der Waals surface area contributed by atoms with Gasteiger partial charge >= 0.3 is 0 Å². The summed E-state index contributed by atoms with van der Waals surface area (Å²) >= 11 is 0. The van der Waals surface area contributed by atoms with Crippen LogP contribution in [0.1, 0.15) is 29.8 Å². The molecule has 36 heavy (non-hydrogen) atoms. The van der Waals surface area contributed by atoms with E-state index in [-0.39, 0.29) is 30.6 Å². The predicted molar refractivity (Wildman–Crippen MR) is 140 cm³/mol. The van der Waals surface area contributed by atoms with Crippen molar-refractivity contribution in [3.05, 3.63) is 78.0 Å². The third-order valence-corrected chi connectivity index (χ3v) is 6.73. The van der Waals surface area contributed by atoms with Crippen LogP contribution in [-0.2, 0) is 6.54 Å². The summed E-state index contributed by atoms with van der Waals surface area (Å²) in [7, 11) is 3.70. The molecule has 2 heterocycles. The number of aliphatic hydroxyl groups excluding tert-OH is 1. The summed E-state index contributed by atoms with van der Waals surface area (Å²) in [5.41, 5.74) is 3.38. The Labute approximate surface area is 213 Å². The number of carbonyl (C=O) groups excluding carboxylic acids is 1. The van der Waals surface area contributed by atoms with Gasteiger partial charge in [-0.3, -0.25) is 9.69 Å². The lowest BCUT2D eigenvalue weighted by atomic mass is 9.99. The maximum Gasteiger partial charge on any atom is 0.259 e. The molecule has 3 aromatic rings. The number of fused-ring (bicyclic) bond motifs is 1. The van der Waals surface area contributed by atoms with Crippen LogP contribution in [0.5, 0.6) is 11.6 Å². The van der Waals surface area contributed by atoms with Crippen molar-refractivity contribution in [2.45, 2.75) is 32.5 Å². The second kappa shape index (κ2) is 11.5. The maximum absolute atomic E-state index is 13.7. The molecule has 3 atom stereocenters. The molecule has 0 saturated heterocycles. The molecule has 1 amide bonds. The average molecular weight is 490 g/mol. The zero-order valence-electron chi connectivity index (χ0n) is 21.4. The first-order chi connectivity index (χ1) is 17.4. The van der Waals surface area contributed by atoms with Crippen LogP contribution in [-0.4, -0.2) is 71.8 Å². The smallest absolute Gasteiger partial charge is 0.259 e. The fourth-order valence-corrected chi connectivity index (χ4v) is 4.53. The highest BCUT2D eigenvalue weighted by Crippen LogP contribution is 2.31. The van der Waals surface area contributed by atoms with Crippen LogP contribution in [0.25, 0.3) is 11.1 Å². The number of rotatable bonds is 8. The number of pyridine rings is 1. The number of aliphatic hydroxyl groups is 1. The van der Waals surface area contributed by atoms with Crippen LogP contribution in [0.2, 0.25) is 0 Å². The molecule has 7 nitrogen and oxygen atoms in total. The predicted octanol–water partition coefficient (Wildman–Crippen LogP) is 4.11. The number of nitrogens with zero attached hydrogens (tertiary/aromatic N) is 3. The third-order valence-electron chi connectivity index (χ3n) is 6.73.